The first kappa shape index (κ1) is 18.1. The molecule has 108 valence electrons. The zero-order valence-corrected chi connectivity index (χ0v) is 12.6. The van der Waals surface area contributed by atoms with Gasteiger partial charge in [-0.05, 0) is 43.1 Å². The van der Waals surface area contributed by atoms with E-state index >= 15 is 0 Å². The lowest BCUT2D eigenvalue weighted by molar-refractivity contribution is -0.116. The van der Waals surface area contributed by atoms with Crippen LogP contribution in [0.4, 0.5) is 0 Å². The van der Waals surface area contributed by atoms with Crippen molar-refractivity contribution in [3.05, 3.63) is 24.3 Å². The minimum atomic E-state index is 0.00500. The molecule has 1 amide bonds. The molecule has 0 aliphatic heterocycles. The summed E-state index contributed by atoms with van der Waals surface area (Å²) in [5.41, 5.74) is 0. The molecule has 0 aliphatic carbocycles. The van der Waals surface area contributed by atoms with E-state index in [1.54, 1.807) is 6.08 Å². The van der Waals surface area contributed by atoms with Crippen molar-refractivity contribution in [1.82, 2.24) is 5.32 Å². The third-order valence-corrected chi connectivity index (χ3v) is 2.88. The van der Waals surface area contributed by atoms with Crippen molar-refractivity contribution in [2.24, 2.45) is 5.92 Å². The van der Waals surface area contributed by atoms with Crippen LogP contribution in [0.15, 0.2) is 24.3 Å². The van der Waals surface area contributed by atoms with Gasteiger partial charge in [-0.15, -0.1) is 6.42 Å². The quantitative estimate of drug-likeness (QED) is 0.296. The molecule has 20 heavy (non-hydrogen) atoms. The van der Waals surface area contributed by atoms with E-state index in [0.717, 1.165) is 32.2 Å². The summed E-state index contributed by atoms with van der Waals surface area (Å²) in [5, 5.41) is 2.89. The first-order chi connectivity index (χ1) is 9.70. The summed E-state index contributed by atoms with van der Waals surface area (Å²) < 4.78 is 0. The fourth-order valence-corrected chi connectivity index (χ4v) is 1.38. The molecule has 2 heteroatoms. The Balaban J connectivity index is 3.57. The van der Waals surface area contributed by atoms with Gasteiger partial charge in [0.25, 0.3) is 0 Å². The number of carbonyl (C=O) groups is 1. The number of hydrogen-bond acceptors (Lipinski definition) is 1. The fourth-order valence-electron chi connectivity index (χ4n) is 1.38. The molecule has 0 bridgehead atoms. The highest BCUT2D eigenvalue weighted by Crippen LogP contribution is 1.99. The molecule has 0 heterocycles. The molecular weight excluding hydrogens is 246 g/mol. The van der Waals surface area contributed by atoms with Crippen LogP contribution in [0.3, 0.4) is 0 Å². The molecule has 0 aliphatic rings. The summed E-state index contributed by atoms with van der Waals surface area (Å²) in [6.07, 6.45) is 17.4. The normalized spacial score (nSPS) is 11.8. The number of terminal acetylenes is 1. The van der Waals surface area contributed by atoms with Gasteiger partial charge >= 0.3 is 0 Å². The Bertz CT molecular complexity index is 415. The van der Waals surface area contributed by atoms with Crippen LogP contribution >= 0.6 is 0 Å². The topological polar surface area (TPSA) is 29.1 Å². The van der Waals surface area contributed by atoms with Crippen molar-refractivity contribution in [2.75, 3.05) is 6.54 Å². The molecular formula is C18H25NO. The Hall–Kier alpha value is -1.93. The third kappa shape index (κ3) is 12.5. The van der Waals surface area contributed by atoms with Crippen LogP contribution in [-0.2, 0) is 4.79 Å². The number of carbonyl (C=O) groups excluding carboxylic acids is 1. The van der Waals surface area contributed by atoms with Crippen molar-refractivity contribution >= 4 is 5.91 Å². The molecule has 0 unspecified atom stereocenters. The van der Waals surface area contributed by atoms with Crippen LogP contribution in [0.1, 0.15) is 46.0 Å². The Morgan fingerprint density at radius 3 is 2.75 bits per heavy atom. The molecule has 0 saturated carbocycles. The van der Waals surface area contributed by atoms with Gasteiger partial charge in [-0.25, -0.2) is 0 Å². The summed E-state index contributed by atoms with van der Waals surface area (Å²) >= 11 is 0. The van der Waals surface area contributed by atoms with Crippen LogP contribution in [0.2, 0.25) is 0 Å². The van der Waals surface area contributed by atoms with E-state index < -0.39 is 0 Å². The molecule has 2 nitrogen and oxygen atoms in total. The van der Waals surface area contributed by atoms with Gasteiger partial charge < -0.3 is 5.32 Å². The maximum atomic E-state index is 11.5. The fraction of sp³-hybridized carbons (Fsp3) is 0.500. The molecule has 0 spiro atoms. The van der Waals surface area contributed by atoms with E-state index in [2.05, 4.69) is 43.0 Å². The maximum absolute atomic E-state index is 11.5. The van der Waals surface area contributed by atoms with Gasteiger partial charge in [-0.3, -0.25) is 4.79 Å². The second-order valence-electron chi connectivity index (χ2n) is 4.71. The van der Waals surface area contributed by atoms with Crippen LogP contribution in [0.5, 0.6) is 0 Å². The number of unbranched alkanes of at least 4 members (excludes halogenated alkanes) is 2. The predicted molar refractivity (Wildman–Crippen MR) is 85.8 cm³/mol. The highest BCUT2D eigenvalue weighted by molar-refractivity contribution is 5.87. The Morgan fingerprint density at radius 2 is 2.05 bits per heavy atom. The molecule has 1 atom stereocenters. The average molecular weight is 271 g/mol. The van der Waals surface area contributed by atoms with Crippen LogP contribution in [0.25, 0.3) is 0 Å². The van der Waals surface area contributed by atoms with Gasteiger partial charge in [0.15, 0.2) is 0 Å². The molecule has 0 fully saturated rings. The van der Waals surface area contributed by atoms with E-state index in [4.69, 9.17) is 6.42 Å². The molecule has 1 N–H and O–H groups in total. The summed E-state index contributed by atoms with van der Waals surface area (Å²) in [4.78, 5) is 11.5. The Morgan fingerprint density at radius 1 is 1.30 bits per heavy atom. The maximum Gasteiger partial charge on any atom is 0.243 e. The SMILES string of the molecule is C#CC#CC/C=C\CCC/C=C/C(=O)NC[C@@H](C)CC. The van der Waals surface area contributed by atoms with Gasteiger partial charge in [0.2, 0.25) is 5.91 Å². The summed E-state index contributed by atoms with van der Waals surface area (Å²) in [5.74, 6) is 8.22. The van der Waals surface area contributed by atoms with Gasteiger partial charge in [0, 0.05) is 13.0 Å². The average Bonchev–Trinajstić information content (AvgIpc) is 2.46. The molecule has 0 aromatic heterocycles. The van der Waals surface area contributed by atoms with Crippen molar-refractivity contribution in [3.8, 4) is 24.2 Å². The molecule has 0 radical (unpaired) electrons. The number of amides is 1. The Kier molecular flexibility index (Phi) is 12.2. The summed E-state index contributed by atoms with van der Waals surface area (Å²) in [6.45, 7) is 5.00. The third-order valence-electron chi connectivity index (χ3n) is 2.88. The standard InChI is InChI=1S/C18H25NO/c1-4-6-7-8-9-10-11-12-13-14-15-18(20)19-16-17(3)5-2/h1,9-10,14-15,17H,5,8,11-13,16H2,2-3H3,(H,19,20)/b10-9-,15-14+/t17-/m0/s1. The van der Waals surface area contributed by atoms with E-state index in [9.17, 15) is 4.79 Å². The highest BCUT2D eigenvalue weighted by Gasteiger charge is 1.99. The lowest BCUT2D eigenvalue weighted by Crippen LogP contribution is -2.26. The van der Waals surface area contributed by atoms with Gasteiger partial charge in [0.1, 0.15) is 0 Å². The second-order valence-corrected chi connectivity index (χ2v) is 4.71. The van der Waals surface area contributed by atoms with Crippen molar-refractivity contribution in [2.45, 2.75) is 46.0 Å². The van der Waals surface area contributed by atoms with Crippen molar-refractivity contribution in [1.29, 1.82) is 0 Å². The number of rotatable bonds is 9. The number of hydrogen-bond donors (Lipinski definition) is 1. The molecule has 0 rings (SSSR count). The Labute approximate surface area is 123 Å². The first-order valence-electron chi connectivity index (χ1n) is 7.23. The predicted octanol–water partition coefficient (Wildman–Crippen LogP) is 3.46. The second kappa shape index (κ2) is 13.5. The highest BCUT2D eigenvalue weighted by atomic mass is 16.1. The van der Waals surface area contributed by atoms with E-state index in [1.165, 1.54) is 0 Å². The first-order valence-corrected chi connectivity index (χ1v) is 7.23. The van der Waals surface area contributed by atoms with Crippen molar-refractivity contribution < 1.29 is 4.79 Å². The zero-order valence-electron chi connectivity index (χ0n) is 12.6. The van der Waals surface area contributed by atoms with Crippen LogP contribution in [0, 0.1) is 30.1 Å². The summed E-state index contributed by atoms with van der Waals surface area (Å²) in [6, 6.07) is 0. The van der Waals surface area contributed by atoms with E-state index in [0.29, 0.717) is 12.3 Å². The van der Waals surface area contributed by atoms with Gasteiger partial charge in [0.05, 0.1) is 0 Å². The summed E-state index contributed by atoms with van der Waals surface area (Å²) in [7, 11) is 0. The lowest BCUT2D eigenvalue weighted by Gasteiger charge is -2.07. The molecule has 0 aromatic rings. The van der Waals surface area contributed by atoms with Gasteiger partial charge in [-0.1, -0.05) is 44.4 Å². The van der Waals surface area contributed by atoms with Gasteiger partial charge in [-0.2, -0.15) is 0 Å². The monoisotopic (exact) mass is 271 g/mol. The lowest BCUT2D eigenvalue weighted by atomic mass is 10.1. The smallest absolute Gasteiger partial charge is 0.243 e. The minimum Gasteiger partial charge on any atom is -0.352 e. The van der Waals surface area contributed by atoms with E-state index in [1.807, 2.05) is 12.2 Å². The largest absolute Gasteiger partial charge is 0.352 e. The zero-order chi connectivity index (χ0) is 15.1. The minimum absolute atomic E-state index is 0.00500. The number of allylic oxidation sites excluding steroid dienone is 3. The molecule has 0 saturated heterocycles. The number of nitrogens with one attached hydrogen (secondary N) is 1. The van der Waals surface area contributed by atoms with E-state index in [-0.39, 0.29) is 5.91 Å². The molecule has 0 aromatic carbocycles. The van der Waals surface area contributed by atoms with Crippen LogP contribution < -0.4 is 5.32 Å². The van der Waals surface area contributed by atoms with Crippen LogP contribution in [-0.4, -0.2) is 12.5 Å². The van der Waals surface area contributed by atoms with Crippen molar-refractivity contribution in [3.63, 3.8) is 0 Å².